The zero-order valence-electron chi connectivity index (χ0n) is 8.70. The van der Waals surface area contributed by atoms with Crippen molar-refractivity contribution in [1.82, 2.24) is 4.57 Å². The minimum absolute atomic E-state index is 0.335. The van der Waals surface area contributed by atoms with Crippen LogP contribution in [0.1, 0.15) is 30.2 Å². The van der Waals surface area contributed by atoms with E-state index in [0.29, 0.717) is 16.6 Å². The van der Waals surface area contributed by atoms with Gasteiger partial charge in [0.25, 0.3) is 0 Å². The van der Waals surface area contributed by atoms with Crippen molar-refractivity contribution in [2.45, 2.75) is 19.9 Å². The maximum absolute atomic E-state index is 10.9. The zero-order chi connectivity index (χ0) is 11.0. The summed E-state index contributed by atoms with van der Waals surface area (Å²) in [4.78, 5) is 10.9. The molecule has 0 fully saturated rings. The highest BCUT2D eigenvalue weighted by molar-refractivity contribution is 6.35. The number of hydrogen-bond acceptors (Lipinski definition) is 1. The van der Waals surface area contributed by atoms with Gasteiger partial charge in [0.05, 0.1) is 10.5 Å². The summed E-state index contributed by atoms with van der Waals surface area (Å²) in [5.41, 5.74) is 1.63. The van der Waals surface area contributed by atoms with Crippen LogP contribution in [0.5, 0.6) is 0 Å². The number of halogens is 1. The van der Waals surface area contributed by atoms with Crippen LogP contribution in [0.25, 0.3) is 10.9 Å². The molecule has 15 heavy (non-hydrogen) atoms. The van der Waals surface area contributed by atoms with Crippen molar-refractivity contribution in [3.05, 3.63) is 35.0 Å². The molecular formula is C12H12ClNO. The molecule has 1 heterocycles. The molecule has 0 unspecified atom stereocenters. The molecule has 1 aromatic heterocycles. The SMILES string of the molecule is CC(C)n1ccc2c(C=O)ccc(Cl)c21. The maximum atomic E-state index is 10.9. The third-order valence-corrected chi connectivity index (χ3v) is 2.85. The van der Waals surface area contributed by atoms with Gasteiger partial charge in [-0.2, -0.15) is 0 Å². The highest BCUT2D eigenvalue weighted by atomic mass is 35.5. The third kappa shape index (κ3) is 1.55. The predicted octanol–water partition coefficient (Wildman–Crippen LogP) is 3.69. The summed E-state index contributed by atoms with van der Waals surface area (Å²) in [6, 6.07) is 5.79. The molecule has 0 aliphatic carbocycles. The first-order chi connectivity index (χ1) is 7.15. The molecule has 0 aliphatic rings. The third-order valence-electron chi connectivity index (χ3n) is 2.54. The van der Waals surface area contributed by atoms with Crippen LogP contribution in [0.4, 0.5) is 0 Å². The first-order valence-electron chi connectivity index (χ1n) is 4.89. The van der Waals surface area contributed by atoms with Crippen molar-refractivity contribution < 1.29 is 4.79 Å². The number of carbonyl (C=O) groups is 1. The van der Waals surface area contributed by atoms with Crippen LogP contribution in [0.15, 0.2) is 24.4 Å². The second kappa shape index (κ2) is 3.70. The second-order valence-electron chi connectivity index (χ2n) is 3.83. The maximum Gasteiger partial charge on any atom is 0.150 e. The lowest BCUT2D eigenvalue weighted by molar-refractivity contribution is 0.112. The van der Waals surface area contributed by atoms with Gasteiger partial charge in [-0.25, -0.2) is 0 Å². The summed E-state index contributed by atoms with van der Waals surface area (Å²) < 4.78 is 2.07. The molecule has 0 amide bonds. The van der Waals surface area contributed by atoms with E-state index in [0.717, 1.165) is 17.2 Å². The van der Waals surface area contributed by atoms with E-state index in [2.05, 4.69) is 18.4 Å². The Kier molecular flexibility index (Phi) is 2.53. The smallest absolute Gasteiger partial charge is 0.150 e. The van der Waals surface area contributed by atoms with E-state index >= 15 is 0 Å². The minimum Gasteiger partial charge on any atom is -0.344 e. The predicted molar refractivity (Wildman–Crippen MR) is 62.7 cm³/mol. The van der Waals surface area contributed by atoms with E-state index in [4.69, 9.17) is 11.6 Å². The average Bonchev–Trinajstić information content (AvgIpc) is 2.63. The Morgan fingerprint density at radius 3 is 2.67 bits per heavy atom. The van der Waals surface area contributed by atoms with Gasteiger partial charge in [-0.15, -0.1) is 0 Å². The summed E-state index contributed by atoms with van der Waals surface area (Å²) in [5.74, 6) is 0. The van der Waals surface area contributed by atoms with E-state index < -0.39 is 0 Å². The highest BCUT2D eigenvalue weighted by Gasteiger charge is 2.10. The normalized spacial score (nSPS) is 11.2. The fraction of sp³-hybridized carbons (Fsp3) is 0.250. The fourth-order valence-corrected chi connectivity index (χ4v) is 2.06. The molecule has 78 valence electrons. The largest absolute Gasteiger partial charge is 0.344 e. The number of nitrogens with zero attached hydrogens (tertiary/aromatic N) is 1. The lowest BCUT2D eigenvalue weighted by Crippen LogP contribution is -1.98. The molecule has 0 saturated heterocycles. The molecule has 0 radical (unpaired) electrons. The summed E-state index contributed by atoms with van der Waals surface area (Å²) >= 11 is 6.14. The van der Waals surface area contributed by atoms with Gasteiger partial charge in [-0.3, -0.25) is 4.79 Å². The molecule has 0 spiro atoms. The van der Waals surface area contributed by atoms with Crippen molar-refractivity contribution >= 4 is 28.8 Å². The Morgan fingerprint density at radius 2 is 2.07 bits per heavy atom. The van der Waals surface area contributed by atoms with Gasteiger partial charge in [0.2, 0.25) is 0 Å². The summed E-state index contributed by atoms with van der Waals surface area (Å²) in [6.45, 7) is 4.17. The van der Waals surface area contributed by atoms with Crippen molar-refractivity contribution in [3.63, 3.8) is 0 Å². The Bertz CT molecular complexity index is 514. The van der Waals surface area contributed by atoms with Crippen molar-refractivity contribution in [2.24, 2.45) is 0 Å². The molecule has 2 aromatic rings. The number of hydrogen-bond donors (Lipinski definition) is 0. The number of aldehydes is 1. The first-order valence-corrected chi connectivity index (χ1v) is 5.27. The Hall–Kier alpha value is -1.28. The Morgan fingerprint density at radius 1 is 1.33 bits per heavy atom. The molecule has 1 aromatic carbocycles. The van der Waals surface area contributed by atoms with Crippen LogP contribution >= 0.6 is 11.6 Å². The van der Waals surface area contributed by atoms with Gasteiger partial charge in [-0.05, 0) is 32.0 Å². The monoisotopic (exact) mass is 221 g/mol. The lowest BCUT2D eigenvalue weighted by Gasteiger charge is -2.10. The standard InChI is InChI=1S/C12H12ClNO/c1-8(2)14-6-5-10-9(7-15)3-4-11(13)12(10)14/h3-8H,1-2H3. The fourth-order valence-electron chi connectivity index (χ4n) is 1.80. The summed E-state index contributed by atoms with van der Waals surface area (Å²) in [7, 11) is 0. The van der Waals surface area contributed by atoms with Crippen molar-refractivity contribution in [3.8, 4) is 0 Å². The number of aromatic nitrogens is 1. The van der Waals surface area contributed by atoms with Crippen LogP contribution in [0.3, 0.4) is 0 Å². The van der Waals surface area contributed by atoms with Gasteiger partial charge in [-0.1, -0.05) is 11.6 Å². The molecule has 0 saturated carbocycles. The zero-order valence-corrected chi connectivity index (χ0v) is 9.45. The minimum atomic E-state index is 0.335. The molecule has 2 nitrogen and oxygen atoms in total. The molecule has 0 N–H and O–H groups in total. The number of benzene rings is 1. The van der Waals surface area contributed by atoms with E-state index in [1.165, 1.54) is 0 Å². The molecule has 0 aliphatic heterocycles. The number of rotatable bonds is 2. The van der Waals surface area contributed by atoms with E-state index in [9.17, 15) is 4.79 Å². The topological polar surface area (TPSA) is 22.0 Å². The Balaban J connectivity index is 2.84. The van der Waals surface area contributed by atoms with Gasteiger partial charge in [0.15, 0.2) is 6.29 Å². The van der Waals surface area contributed by atoms with Crippen LogP contribution in [0, 0.1) is 0 Å². The quantitative estimate of drug-likeness (QED) is 0.709. The van der Waals surface area contributed by atoms with Crippen LogP contribution in [0.2, 0.25) is 5.02 Å². The second-order valence-corrected chi connectivity index (χ2v) is 4.24. The van der Waals surface area contributed by atoms with Gasteiger partial charge >= 0.3 is 0 Å². The Labute approximate surface area is 93.5 Å². The van der Waals surface area contributed by atoms with Gasteiger partial charge in [0, 0.05) is 23.2 Å². The van der Waals surface area contributed by atoms with E-state index in [-0.39, 0.29) is 0 Å². The molecule has 0 atom stereocenters. The molecule has 2 rings (SSSR count). The number of fused-ring (bicyclic) bond motifs is 1. The lowest BCUT2D eigenvalue weighted by atomic mass is 10.1. The first kappa shape index (κ1) is 10.2. The number of carbonyl (C=O) groups excluding carboxylic acids is 1. The molecule has 3 heteroatoms. The molecular weight excluding hydrogens is 210 g/mol. The van der Waals surface area contributed by atoms with Gasteiger partial charge in [0.1, 0.15) is 0 Å². The van der Waals surface area contributed by atoms with Gasteiger partial charge < -0.3 is 4.57 Å². The van der Waals surface area contributed by atoms with Crippen LogP contribution in [-0.4, -0.2) is 10.9 Å². The highest BCUT2D eigenvalue weighted by Crippen LogP contribution is 2.29. The van der Waals surface area contributed by atoms with E-state index in [1.807, 2.05) is 12.3 Å². The van der Waals surface area contributed by atoms with Crippen molar-refractivity contribution in [2.75, 3.05) is 0 Å². The summed E-state index contributed by atoms with van der Waals surface area (Å²) in [6.07, 6.45) is 2.83. The van der Waals surface area contributed by atoms with Crippen molar-refractivity contribution in [1.29, 1.82) is 0 Å². The average molecular weight is 222 g/mol. The molecule has 0 bridgehead atoms. The van der Waals surface area contributed by atoms with Crippen LogP contribution in [-0.2, 0) is 0 Å². The van der Waals surface area contributed by atoms with E-state index in [1.54, 1.807) is 12.1 Å². The van der Waals surface area contributed by atoms with Crippen LogP contribution < -0.4 is 0 Å². The summed E-state index contributed by atoms with van der Waals surface area (Å²) in [5, 5.41) is 1.61.